The molecule has 0 fully saturated rings. The van der Waals surface area contributed by atoms with Crippen LogP contribution in [0.3, 0.4) is 0 Å². The van der Waals surface area contributed by atoms with Gasteiger partial charge in [0.05, 0.1) is 33.6 Å². The molecule has 0 unspecified atom stereocenters. The Balaban J connectivity index is 1.84. The molecule has 0 saturated heterocycles. The number of rotatable bonds is 4. The number of thiazole rings is 1. The molecule has 0 aliphatic carbocycles. The summed E-state index contributed by atoms with van der Waals surface area (Å²) < 4.78 is 41.4. The normalized spacial score (nSPS) is 11.6. The van der Waals surface area contributed by atoms with Gasteiger partial charge in [-0.15, -0.1) is 0 Å². The number of amides is 1. The number of pyridine rings is 1. The maximum Gasteiger partial charge on any atom is 0.418 e. The molecule has 0 N–H and O–H groups in total. The number of carbonyl (C=O) groups excluding carboxylic acids is 1. The van der Waals surface area contributed by atoms with Crippen molar-refractivity contribution >= 4 is 55.2 Å². The van der Waals surface area contributed by atoms with Gasteiger partial charge < -0.3 is 0 Å². The predicted octanol–water partition coefficient (Wildman–Crippen LogP) is 6.16. The van der Waals surface area contributed by atoms with E-state index in [9.17, 15) is 18.0 Å². The van der Waals surface area contributed by atoms with Gasteiger partial charge in [-0.3, -0.25) is 14.7 Å². The molecule has 0 aliphatic rings. The number of fused-ring (bicyclic) bond motifs is 1. The standard InChI is InChI=1S/C21H13F3IN3OS/c22-21(23,24)15-8-5-10-17-18(15)27-20(30-17)28(12-13-6-3-4-11-26-13)19(29)14-7-1-2-9-16(14)25/h1-11H,12H2. The molecule has 0 aliphatic heterocycles. The van der Waals surface area contributed by atoms with Crippen LogP contribution in [0.5, 0.6) is 0 Å². The number of aromatic nitrogens is 2. The molecular weight excluding hydrogens is 526 g/mol. The maximum absolute atomic E-state index is 13.4. The van der Waals surface area contributed by atoms with Crippen molar-refractivity contribution < 1.29 is 18.0 Å². The maximum atomic E-state index is 13.4. The lowest BCUT2D eigenvalue weighted by Crippen LogP contribution is -2.31. The number of halogens is 4. The molecule has 4 rings (SSSR count). The number of carbonyl (C=O) groups is 1. The van der Waals surface area contributed by atoms with E-state index in [0.29, 0.717) is 16.0 Å². The first-order chi connectivity index (χ1) is 14.3. The highest BCUT2D eigenvalue weighted by Gasteiger charge is 2.34. The van der Waals surface area contributed by atoms with Crippen LogP contribution in [0.1, 0.15) is 21.6 Å². The van der Waals surface area contributed by atoms with Crippen molar-refractivity contribution in [2.75, 3.05) is 4.90 Å². The van der Waals surface area contributed by atoms with Gasteiger partial charge in [-0.1, -0.05) is 35.6 Å². The highest BCUT2D eigenvalue weighted by molar-refractivity contribution is 14.1. The molecule has 2 aromatic heterocycles. The fourth-order valence-electron chi connectivity index (χ4n) is 2.94. The van der Waals surface area contributed by atoms with Gasteiger partial charge >= 0.3 is 6.18 Å². The molecule has 152 valence electrons. The van der Waals surface area contributed by atoms with E-state index in [-0.39, 0.29) is 23.1 Å². The summed E-state index contributed by atoms with van der Waals surface area (Å²) in [5.74, 6) is -0.349. The molecule has 0 bridgehead atoms. The molecular formula is C21H13F3IN3OS. The number of hydrogen-bond donors (Lipinski definition) is 0. The first kappa shape index (κ1) is 20.7. The molecule has 9 heteroatoms. The van der Waals surface area contributed by atoms with Crippen LogP contribution in [-0.4, -0.2) is 15.9 Å². The Hall–Kier alpha value is -2.53. The van der Waals surface area contributed by atoms with Gasteiger partial charge in [-0.05, 0) is 59.0 Å². The summed E-state index contributed by atoms with van der Waals surface area (Å²) in [6.07, 6.45) is -2.93. The van der Waals surface area contributed by atoms with E-state index < -0.39 is 11.7 Å². The number of benzene rings is 2. The van der Waals surface area contributed by atoms with Crippen LogP contribution in [-0.2, 0) is 12.7 Å². The summed E-state index contributed by atoms with van der Waals surface area (Å²) in [6, 6.07) is 16.3. The SMILES string of the molecule is O=C(c1ccccc1I)N(Cc1ccccn1)c1nc2c(C(F)(F)F)cccc2s1. The van der Waals surface area contributed by atoms with Crippen LogP contribution < -0.4 is 4.90 Å². The van der Waals surface area contributed by atoms with Gasteiger partial charge in [0.15, 0.2) is 5.13 Å². The molecule has 0 radical (unpaired) electrons. The third kappa shape index (κ3) is 4.17. The Labute approximate surface area is 187 Å². The van der Waals surface area contributed by atoms with E-state index in [0.717, 1.165) is 21.0 Å². The number of para-hydroxylation sites is 1. The van der Waals surface area contributed by atoms with Crippen molar-refractivity contribution in [3.8, 4) is 0 Å². The average Bonchev–Trinajstić information content (AvgIpc) is 3.16. The monoisotopic (exact) mass is 539 g/mol. The molecule has 0 atom stereocenters. The number of hydrogen-bond acceptors (Lipinski definition) is 4. The fraction of sp³-hybridized carbons (Fsp3) is 0.0952. The summed E-state index contributed by atoms with van der Waals surface area (Å²) in [4.78, 5) is 23.2. The van der Waals surface area contributed by atoms with E-state index >= 15 is 0 Å². The Morgan fingerprint density at radius 1 is 1.03 bits per heavy atom. The molecule has 0 saturated carbocycles. The zero-order valence-corrected chi connectivity index (χ0v) is 18.2. The minimum absolute atomic E-state index is 0.0891. The molecule has 2 heterocycles. The topological polar surface area (TPSA) is 46.1 Å². The van der Waals surface area contributed by atoms with Crippen molar-refractivity contribution in [2.45, 2.75) is 12.7 Å². The third-order valence-corrected chi connectivity index (χ3v) is 6.32. The summed E-state index contributed by atoms with van der Waals surface area (Å²) in [5, 5.41) is 0.192. The van der Waals surface area contributed by atoms with Gasteiger partial charge in [0.25, 0.3) is 5.91 Å². The van der Waals surface area contributed by atoms with E-state index in [1.54, 1.807) is 48.7 Å². The summed E-state index contributed by atoms with van der Waals surface area (Å²) in [7, 11) is 0. The zero-order chi connectivity index (χ0) is 21.3. The smallest absolute Gasteiger partial charge is 0.278 e. The summed E-state index contributed by atoms with van der Waals surface area (Å²) >= 11 is 3.11. The quantitative estimate of drug-likeness (QED) is 0.292. The van der Waals surface area contributed by atoms with E-state index in [1.165, 1.54) is 11.0 Å². The van der Waals surface area contributed by atoms with E-state index in [2.05, 4.69) is 32.6 Å². The lowest BCUT2D eigenvalue weighted by atomic mass is 10.2. The van der Waals surface area contributed by atoms with Gasteiger partial charge in [0.2, 0.25) is 0 Å². The Bertz CT molecular complexity index is 1210. The van der Waals surface area contributed by atoms with Crippen LogP contribution in [0, 0.1) is 3.57 Å². The minimum atomic E-state index is -4.53. The lowest BCUT2D eigenvalue weighted by molar-refractivity contribution is -0.136. The summed E-state index contributed by atoms with van der Waals surface area (Å²) in [6.45, 7) is 0.0891. The Morgan fingerprint density at radius 2 is 1.80 bits per heavy atom. The van der Waals surface area contributed by atoms with Crippen LogP contribution in [0.2, 0.25) is 0 Å². The lowest BCUT2D eigenvalue weighted by Gasteiger charge is -2.20. The Kier molecular flexibility index (Phi) is 5.74. The highest BCUT2D eigenvalue weighted by atomic mass is 127. The molecule has 30 heavy (non-hydrogen) atoms. The van der Waals surface area contributed by atoms with Gasteiger partial charge in [-0.25, -0.2) is 4.98 Å². The third-order valence-electron chi connectivity index (χ3n) is 4.34. The van der Waals surface area contributed by atoms with Crippen LogP contribution in [0.4, 0.5) is 18.3 Å². The number of alkyl halides is 3. The van der Waals surface area contributed by atoms with Crippen LogP contribution >= 0.6 is 33.9 Å². The molecule has 1 amide bonds. The van der Waals surface area contributed by atoms with Crippen molar-refractivity contribution in [1.82, 2.24) is 9.97 Å². The second-order valence-corrected chi connectivity index (χ2v) is 8.51. The molecule has 2 aromatic carbocycles. The average molecular weight is 539 g/mol. The van der Waals surface area contributed by atoms with Gasteiger partial charge in [0.1, 0.15) is 0 Å². The minimum Gasteiger partial charge on any atom is -0.278 e. The summed E-state index contributed by atoms with van der Waals surface area (Å²) in [5.41, 5.74) is 0.0741. The van der Waals surface area contributed by atoms with E-state index in [1.807, 2.05) is 6.07 Å². The molecule has 4 aromatic rings. The van der Waals surface area contributed by atoms with Crippen molar-refractivity contribution in [3.63, 3.8) is 0 Å². The second kappa shape index (κ2) is 8.31. The largest absolute Gasteiger partial charge is 0.418 e. The van der Waals surface area contributed by atoms with Crippen molar-refractivity contribution in [2.24, 2.45) is 0 Å². The fourth-order valence-corrected chi connectivity index (χ4v) is 4.55. The zero-order valence-electron chi connectivity index (χ0n) is 15.2. The Morgan fingerprint density at radius 3 is 2.50 bits per heavy atom. The molecule has 0 spiro atoms. The first-order valence-corrected chi connectivity index (χ1v) is 10.7. The first-order valence-electron chi connectivity index (χ1n) is 8.77. The van der Waals surface area contributed by atoms with E-state index in [4.69, 9.17) is 0 Å². The highest BCUT2D eigenvalue weighted by Crippen LogP contribution is 2.39. The van der Waals surface area contributed by atoms with Gasteiger partial charge in [-0.2, -0.15) is 13.2 Å². The number of nitrogens with zero attached hydrogens (tertiary/aromatic N) is 3. The van der Waals surface area contributed by atoms with Crippen LogP contribution in [0.25, 0.3) is 10.2 Å². The molecule has 4 nitrogen and oxygen atoms in total. The second-order valence-electron chi connectivity index (χ2n) is 6.34. The van der Waals surface area contributed by atoms with Gasteiger partial charge in [0, 0.05) is 9.77 Å². The van der Waals surface area contributed by atoms with Crippen LogP contribution in [0.15, 0.2) is 66.9 Å². The van der Waals surface area contributed by atoms with Crippen molar-refractivity contribution in [1.29, 1.82) is 0 Å². The predicted molar refractivity (Wildman–Crippen MR) is 119 cm³/mol. The number of anilines is 1. The van der Waals surface area contributed by atoms with Crippen molar-refractivity contribution in [3.05, 3.63) is 87.3 Å².